The van der Waals surface area contributed by atoms with Gasteiger partial charge < -0.3 is 10.6 Å². The molecule has 4 nitrogen and oxygen atoms in total. The van der Waals surface area contributed by atoms with Gasteiger partial charge in [-0.15, -0.1) is 0 Å². The van der Waals surface area contributed by atoms with Crippen LogP contribution in [0.25, 0.3) is 0 Å². The van der Waals surface area contributed by atoms with Crippen LogP contribution in [-0.4, -0.2) is 11.8 Å². The number of anilines is 2. The molecule has 0 aliphatic carbocycles. The van der Waals surface area contributed by atoms with E-state index in [1.807, 2.05) is 19.1 Å². The number of amides is 2. The summed E-state index contributed by atoms with van der Waals surface area (Å²) in [6.07, 6.45) is -4.52. The maximum Gasteiger partial charge on any atom is 0.416 e. The number of alkyl halides is 3. The van der Waals surface area contributed by atoms with Crippen molar-refractivity contribution in [1.82, 2.24) is 0 Å². The molecule has 0 heterocycles. The van der Waals surface area contributed by atoms with Gasteiger partial charge in [-0.25, -0.2) is 0 Å². The SMILES string of the molecule is Cc1ccccc1NC(=O)C(C)(C)C(=O)Nc1cccc(C(F)(F)F)c1. The van der Waals surface area contributed by atoms with Crippen LogP contribution in [0.1, 0.15) is 25.0 Å². The van der Waals surface area contributed by atoms with Gasteiger partial charge in [-0.2, -0.15) is 13.2 Å². The summed E-state index contributed by atoms with van der Waals surface area (Å²) < 4.78 is 38.3. The Kier molecular flexibility index (Phi) is 5.39. The van der Waals surface area contributed by atoms with Crippen molar-refractivity contribution in [1.29, 1.82) is 0 Å². The quantitative estimate of drug-likeness (QED) is 0.778. The molecule has 2 aromatic rings. The third kappa shape index (κ3) is 4.41. The van der Waals surface area contributed by atoms with Gasteiger partial charge in [-0.1, -0.05) is 24.3 Å². The smallest absolute Gasteiger partial charge is 0.325 e. The average Bonchev–Trinajstić information content (AvgIpc) is 2.56. The number of benzene rings is 2. The molecule has 0 saturated heterocycles. The zero-order valence-electron chi connectivity index (χ0n) is 14.6. The minimum absolute atomic E-state index is 0.0263. The lowest BCUT2D eigenvalue weighted by Crippen LogP contribution is -2.41. The van der Waals surface area contributed by atoms with Crippen molar-refractivity contribution < 1.29 is 22.8 Å². The first-order valence-electron chi connectivity index (χ1n) is 7.87. The first-order valence-corrected chi connectivity index (χ1v) is 7.87. The molecule has 0 radical (unpaired) electrons. The molecule has 0 unspecified atom stereocenters. The number of carbonyl (C=O) groups is 2. The second kappa shape index (κ2) is 7.19. The van der Waals surface area contributed by atoms with Crippen LogP contribution >= 0.6 is 0 Å². The van der Waals surface area contributed by atoms with Crippen molar-refractivity contribution in [3.63, 3.8) is 0 Å². The first-order chi connectivity index (χ1) is 12.0. The fourth-order valence-electron chi connectivity index (χ4n) is 2.16. The summed E-state index contributed by atoms with van der Waals surface area (Å²) in [6.45, 7) is 4.62. The Bertz CT molecular complexity index is 830. The normalized spacial score (nSPS) is 11.8. The van der Waals surface area contributed by atoms with Gasteiger partial charge in [0.15, 0.2) is 0 Å². The number of halogens is 3. The van der Waals surface area contributed by atoms with Gasteiger partial charge in [0, 0.05) is 11.4 Å². The molecule has 0 spiro atoms. The molecule has 26 heavy (non-hydrogen) atoms. The number of carbonyl (C=O) groups excluding carboxylic acids is 2. The van der Waals surface area contributed by atoms with E-state index in [9.17, 15) is 22.8 Å². The van der Waals surface area contributed by atoms with Crippen molar-refractivity contribution in [3.05, 3.63) is 59.7 Å². The van der Waals surface area contributed by atoms with Crippen molar-refractivity contribution in [2.75, 3.05) is 10.6 Å². The van der Waals surface area contributed by atoms with E-state index < -0.39 is 29.0 Å². The topological polar surface area (TPSA) is 58.2 Å². The molecule has 0 aliphatic rings. The van der Waals surface area contributed by atoms with Gasteiger partial charge in [0.1, 0.15) is 5.41 Å². The third-order valence-corrected chi connectivity index (χ3v) is 3.98. The van der Waals surface area contributed by atoms with Crippen LogP contribution in [0.2, 0.25) is 0 Å². The van der Waals surface area contributed by atoms with E-state index in [0.29, 0.717) is 5.69 Å². The summed E-state index contributed by atoms with van der Waals surface area (Å²) in [5.41, 5.74) is -0.997. The van der Waals surface area contributed by atoms with E-state index in [1.165, 1.54) is 26.0 Å². The Labute approximate surface area is 149 Å². The number of hydrogen-bond acceptors (Lipinski definition) is 2. The first kappa shape index (κ1) is 19.5. The molecule has 0 aromatic heterocycles. The van der Waals surface area contributed by atoms with Gasteiger partial charge in [0.05, 0.1) is 5.56 Å². The molecular weight excluding hydrogens is 345 g/mol. The minimum atomic E-state index is -4.52. The van der Waals surface area contributed by atoms with Crippen molar-refractivity contribution in [3.8, 4) is 0 Å². The highest BCUT2D eigenvalue weighted by Gasteiger charge is 2.37. The van der Waals surface area contributed by atoms with Gasteiger partial charge in [0.2, 0.25) is 11.8 Å². The number of nitrogens with one attached hydrogen (secondary N) is 2. The van der Waals surface area contributed by atoms with E-state index in [4.69, 9.17) is 0 Å². The van der Waals surface area contributed by atoms with Crippen LogP contribution in [0.4, 0.5) is 24.5 Å². The maximum absolute atomic E-state index is 12.8. The Balaban J connectivity index is 2.15. The van der Waals surface area contributed by atoms with Crippen LogP contribution in [0.3, 0.4) is 0 Å². The van der Waals surface area contributed by atoms with Gasteiger partial charge in [-0.05, 0) is 50.6 Å². The standard InChI is InChI=1S/C19H19F3N2O2/c1-12-7-4-5-10-15(12)24-17(26)18(2,3)16(25)23-14-9-6-8-13(11-14)19(20,21)22/h4-11H,1-3H3,(H,23,25)(H,24,26). The lowest BCUT2D eigenvalue weighted by molar-refractivity contribution is -0.138. The van der Waals surface area contributed by atoms with E-state index >= 15 is 0 Å². The number of para-hydroxylation sites is 1. The summed E-state index contributed by atoms with van der Waals surface area (Å²) in [7, 11) is 0. The highest BCUT2D eigenvalue weighted by Crippen LogP contribution is 2.31. The highest BCUT2D eigenvalue weighted by molar-refractivity contribution is 6.14. The Morgan fingerprint density at radius 1 is 0.885 bits per heavy atom. The highest BCUT2D eigenvalue weighted by atomic mass is 19.4. The summed E-state index contributed by atoms with van der Waals surface area (Å²) in [6, 6.07) is 11.3. The largest absolute Gasteiger partial charge is 0.416 e. The average molecular weight is 364 g/mol. The van der Waals surface area contributed by atoms with E-state index in [-0.39, 0.29) is 5.69 Å². The van der Waals surface area contributed by atoms with Gasteiger partial charge in [-0.3, -0.25) is 9.59 Å². The van der Waals surface area contributed by atoms with Crippen molar-refractivity contribution in [2.45, 2.75) is 26.9 Å². The minimum Gasteiger partial charge on any atom is -0.325 e. The summed E-state index contributed by atoms with van der Waals surface area (Å²) in [5, 5.41) is 5.05. The van der Waals surface area contributed by atoms with Crippen molar-refractivity contribution >= 4 is 23.2 Å². The van der Waals surface area contributed by atoms with E-state index in [2.05, 4.69) is 10.6 Å². The lowest BCUT2D eigenvalue weighted by Gasteiger charge is -2.23. The van der Waals surface area contributed by atoms with Crippen molar-refractivity contribution in [2.24, 2.45) is 5.41 Å². The summed E-state index contributed by atoms with van der Waals surface area (Å²) in [4.78, 5) is 25.0. The molecule has 2 aromatic carbocycles. The molecule has 0 fully saturated rings. The summed E-state index contributed by atoms with van der Waals surface area (Å²) in [5.74, 6) is -1.26. The molecule has 7 heteroatoms. The Hall–Kier alpha value is -2.83. The van der Waals surface area contributed by atoms with Gasteiger partial charge >= 0.3 is 6.18 Å². The second-order valence-corrected chi connectivity index (χ2v) is 6.43. The second-order valence-electron chi connectivity index (χ2n) is 6.43. The summed E-state index contributed by atoms with van der Waals surface area (Å²) >= 11 is 0. The van der Waals surface area contributed by atoms with Crippen LogP contribution < -0.4 is 10.6 Å². The maximum atomic E-state index is 12.8. The molecule has 0 saturated carbocycles. The molecule has 2 amide bonds. The van der Waals surface area contributed by atoms with E-state index in [0.717, 1.165) is 17.7 Å². The third-order valence-electron chi connectivity index (χ3n) is 3.98. The van der Waals surface area contributed by atoms with E-state index in [1.54, 1.807) is 12.1 Å². The molecule has 138 valence electrons. The zero-order valence-corrected chi connectivity index (χ0v) is 14.6. The number of aryl methyl sites for hydroxylation is 1. The molecular formula is C19H19F3N2O2. The fourth-order valence-corrected chi connectivity index (χ4v) is 2.16. The predicted octanol–water partition coefficient (Wildman–Crippen LogP) is 4.62. The number of rotatable bonds is 4. The van der Waals surface area contributed by atoms with Crippen LogP contribution in [-0.2, 0) is 15.8 Å². The fraction of sp³-hybridized carbons (Fsp3) is 0.263. The van der Waals surface area contributed by atoms with Crippen LogP contribution in [0.15, 0.2) is 48.5 Å². The van der Waals surface area contributed by atoms with Gasteiger partial charge in [0.25, 0.3) is 0 Å². The lowest BCUT2D eigenvalue weighted by atomic mass is 9.90. The van der Waals surface area contributed by atoms with Crippen LogP contribution in [0, 0.1) is 12.3 Å². The molecule has 0 bridgehead atoms. The zero-order chi connectivity index (χ0) is 19.5. The molecule has 0 atom stereocenters. The van der Waals surface area contributed by atoms with Crippen LogP contribution in [0.5, 0.6) is 0 Å². The Morgan fingerprint density at radius 2 is 1.50 bits per heavy atom. The Morgan fingerprint density at radius 3 is 2.12 bits per heavy atom. The number of hydrogen-bond donors (Lipinski definition) is 2. The molecule has 2 rings (SSSR count). The molecule has 2 N–H and O–H groups in total. The monoisotopic (exact) mass is 364 g/mol. The molecule has 0 aliphatic heterocycles. The predicted molar refractivity (Wildman–Crippen MR) is 93.7 cm³/mol.